The van der Waals surface area contributed by atoms with Crippen LogP contribution in [-0.2, 0) is 24.2 Å². The quantitative estimate of drug-likeness (QED) is 0.456. The first-order valence-electron chi connectivity index (χ1n) is 15.0. The summed E-state index contributed by atoms with van der Waals surface area (Å²) in [5.74, 6) is 2.71. The monoisotopic (exact) mass is 572 g/mol. The molecule has 4 aliphatic heterocycles. The summed E-state index contributed by atoms with van der Waals surface area (Å²) in [6.45, 7) is 8.96. The summed E-state index contributed by atoms with van der Waals surface area (Å²) < 4.78 is 6.41. The van der Waals surface area contributed by atoms with Crippen molar-refractivity contribution < 1.29 is 9.53 Å². The van der Waals surface area contributed by atoms with Crippen molar-refractivity contribution in [2.75, 3.05) is 61.9 Å². The number of thioether (sulfide) groups is 1. The van der Waals surface area contributed by atoms with Gasteiger partial charge in [-0.2, -0.15) is 10.2 Å². The second-order valence-corrected chi connectivity index (χ2v) is 12.7. The number of hydrogen-bond donors (Lipinski definition) is 0. The van der Waals surface area contributed by atoms with Crippen LogP contribution < -0.4 is 14.5 Å². The van der Waals surface area contributed by atoms with Gasteiger partial charge in [-0.25, -0.2) is 0 Å². The van der Waals surface area contributed by atoms with Crippen molar-refractivity contribution in [2.24, 2.45) is 0 Å². The standard InChI is InChI=1S/C32H40N6O2S/c1-3-31(39)38-17-16-37(21-24(38)11-13-33)32-26-12-15-36(28-9-4-10-29-27(28)8-6-18-41-29)20-23(26)19-30(34-32)40-22-25-7-5-14-35(25)2/h3-4,9-10,19,24-25H,1,5-8,11-12,14-18,20-22H2,2H3/t24-,25-/m0/s1. The summed E-state index contributed by atoms with van der Waals surface area (Å²) in [5, 5.41) is 9.52. The molecular formula is C32H40N6O2S. The number of pyridine rings is 1. The van der Waals surface area contributed by atoms with Crippen LogP contribution in [0.15, 0.2) is 41.8 Å². The number of rotatable bonds is 7. The lowest BCUT2D eigenvalue weighted by atomic mass is 9.97. The van der Waals surface area contributed by atoms with Gasteiger partial charge in [0.15, 0.2) is 0 Å². The van der Waals surface area contributed by atoms with Gasteiger partial charge in [-0.05, 0) is 80.8 Å². The van der Waals surface area contributed by atoms with Crippen molar-refractivity contribution in [3.63, 3.8) is 0 Å². The molecule has 216 valence electrons. The molecule has 0 unspecified atom stereocenters. The summed E-state index contributed by atoms with van der Waals surface area (Å²) in [6.07, 6.45) is 7.25. The van der Waals surface area contributed by atoms with E-state index in [1.807, 2.05) is 11.8 Å². The fraction of sp³-hybridized carbons (Fsp3) is 0.531. The third kappa shape index (κ3) is 5.77. The number of carbonyl (C=O) groups is 1. The predicted molar refractivity (Wildman–Crippen MR) is 164 cm³/mol. The van der Waals surface area contributed by atoms with Gasteiger partial charge in [0, 0.05) is 61.0 Å². The Kier molecular flexibility index (Phi) is 8.40. The smallest absolute Gasteiger partial charge is 0.246 e. The molecule has 2 saturated heterocycles. The van der Waals surface area contributed by atoms with E-state index in [4.69, 9.17) is 9.72 Å². The number of carbonyl (C=O) groups excluding carboxylic acids is 1. The molecule has 1 amide bonds. The van der Waals surface area contributed by atoms with Gasteiger partial charge in [0.2, 0.25) is 11.8 Å². The number of ether oxygens (including phenoxy) is 1. The van der Waals surface area contributed by atoms with Crippen LogP contribution in [0.3, 0.4) is 0 Å². The number of likely N-dealkylation sites (N-methyl/N-ethyl adjacent to an activating group) is 1. The minimum absolute atomic E-state index is 0.113. The van der Waals surface area contributed by atoms with Crippen molar-refractivity contribution >= 4 is 29.2 Å². The van der Waals surface area contributed by atoms with Crippen molar-refractivity contribution in [2.45, 2.75) is 62.0 Å². The highest BCUT2D eigenvalue weighted by Gasteiger charge is 2.33. The van der Waals surface area contributed by atoms with Crippen LogP contribution >= 0.6 is 11.8 Å². The third-order valence-corrected chi connectivity index (χ3v) is 10.3. The molecule has 9 heteroatoms. The molecule has 1 aromatic carbocycles. The number of nitriles is 1. The molecule has 0 saturated carbocycles. The van der Waals surface area contributed by atoms with Crippen LogP contribution in [-0.4, -0.2) is 84.9 Å². The number of fused-ring (bicyclic) bond motifs is 2. The molecule has 0 aliphatic carbocycles. The van der Waals surface area contributed by atoms with Gasteiger partial charge in [0.25, 0.3) is 0 Å². The maximum Gasteiger partial charge on any atom is 0.246 e. The number of piperazine rings is 1. The van der Waals surface area contributed by atoms with E-state index in [0.29, 0.717) is 38.2 Å². The lowest BCUT2D eigenvalue weighted by Crippen LogP contribution is -2.55. The number of anilines is 2. The van der Waals surface area contributed by atoms with Gasteiger partial charge in [-0.3, -0.25) is 4.79 Å². The second kappa shape index (κ2) is 12.3. The van der Waals surface area contributed by atoms with Crippen molar-refractivity contribution in [3.05, 3.63) is 53.6 Å². The van der Waals surface area contributed by atoms with Crippen LogP contribution in [0.5, 0.6) is 5.88 Å². The van der Waals surface area contributed by atoms with E-state index in [1.165, 1.54) is 51.9 Å². The Labute approximate surface area is 247 Å². The molecule has 6 rings (SSSR count). The zero-order chi connectivity index (χ0) is 28.3. The van der Waals surface area contributed by atoms with Crippen molar-refractivity contribution in [3.8, 4) is 11.9 Å². The summed E-state index contributed by atoms with van der Waals surface area (Å²) in [4.78, 5) is 28.0. The van der Waals surface area contributed by atoms with Crippen LogP contribution in [0.2, 0.25) is 0 Å². The van der Waals surface area contributed by atoms with E-state index in [9.17, 15) is 10.1 Å². The molecular weight excluding hydrogens is 532 g/mol. The first-order valence-corrected chi connectivity index (χ1v) is 15.9. The lowest BCUT2D eigenvalue weighted by Gasteiger charge is -2.42. The molecule has 8 nitrogen and oxygen atoms in total. The maximum atomic E-state index is 12.5. The normalized spacial score (nSPS) is 22.6. The van der Waals surface area contributed by atoms with Gasteiger partial charge in [0.05, 0.1) is 18.5 Å². The third-order valence-electron chi connectivity index (χ3n) is 9.10. The van der Waals surface area contributed by atoms with E-state index in [-0.39, 0.29) is 18.4 Å². The van der Waals surface area contributed by atoms with Gasteiger partial charge in [0.1, 0.15) is 12.4 Å². The number of benzene rings is 1. The van der Waals surface area contributed by atoms with Crippen molar-refractivity contribution in [1.82, 2.24) is 14.8 Å². The highest BCUT2D eigenvalue weighted by Crippen LogP contribution is 2.39. The van der Waals surface area contributed by atoms with Gasteiger partial charge in [-0.1, -0.05) is 12.6 Å². The first-order chi connectivity index (χ1) is 20.1. The van der Waals surface area contributed by atoms with Gasteiger partial charge in [-0.15, -0.1) is 11.8 Å². The van der Waals surface area contributed by atoms with Crippen LogP contribution in [0.4, 0.5) is 11.5 Å². The topological polar surface area (TPSA) is 75.9 Å². The Morgan fingerprint density at radius 3 is 2.88 bits per heavy atom. The average molecular weight is 573 g/mol. The molecule has 0 spiro atoms. The van der Waals surface area contributed by atoms with Crippen LogP contribution in [0.25, 0.3) is 0 Å². The fourth-order valence-corrected chi connectivity index (χ4v) is 7.91. The van der Waals surface area contributed by atoms with E-state index in [2.05, 4.69) is 58.7 Å². The molecule has 2 atom stereocenters. The minimum atomic E-state index is -0.193. The summed E-state index contributed by atoms with van der Waals surface area (Å²) in [6, 6.07) is 11.4. The number of aromatic nitrogens is 1. The predicted octanol–water partition coefficient (Wildman–Crippen LogP) is 4.27. The van der Waals surface area contributed by atoms with E-state index >= 15 is 0 Å². The van der Waals surface area contributed by atoms with Gasteiger partial charge < -0.3 is 24.3 Å². The fourth-order valence-electron chi connectivity index (χ4n) is 6.84. The van der Waals surface area contributed by atoms with E-state index < -0.39 is 0 Å². The molecule has 2 aromatic rings. The molecule has 5 heterocycles. The Balaban J connectivity index is 1.31. The van der Waals surface area contributed by atoms with E-state index in [0.717, 1.165) is 44.7 Å². The molecule has 0 radical (unpaired) electrons. The zero-order valence-corrected chi connectivity index (χ0v) is 24.9. The average Bonchev–Trinajstić information content (AvgIpc) is 3.43. The van der Waals surface area contributed by atoms with E-state index in [1.54, 1.807) is 4.90 Å². The molecule has 4 aliphatic rings. The lowest BCUT2D eigenvalue weighted by molar-refractivity contribution is -0.128. The minimum Gasteiger partial charge on any atom is -0.476 e. The molecule has 0 N–H and O–H groups in total. The highest BCUT2D eigenvalue weighted by molar-refractivity contribution is 7.99. The number of nitrogens with zero attached hydrogens (tertiary/aromatic N) is 6. The molecule has 0 bridgehead atoms. The van der Waals surface area contributed by atoms with Crippen molar-refractivity contribution in [1.29, 1.82) is 5.26 Å². The number of likely N-dealkylation sites (tertiary alicyclic amines) is 1. The second-order valence-electron chi connectivity index (χ2n) is 11.6. The summed E-state index contributed by atoms with van der Waals surface area (Å²) in [5.41, 5.74) is 5.38. The molecule has 41 heavy (non-hydrogen) atoms. The Bertz CT molecular complexity index is 1340. The summed E-state index contributed by atoms with van der Waals surface area (Å²) in [7, 11) is 2.17. The highest BCUT2D eigenvalue weighted by atomic mass is 32.2. The zero-order valence-electron chi connectivity index (χ0n) is 24.1. The Hall–Kier alpha value is -3.22. The molecule has 1 aromatic heterocycles. The number of hydrogen-bond acceptors (Lipinski definition) is 8. The maximum absolute atomic E-state index is 12.5. The Morgan fingerprint density at radius 1 is 1.17 bits per heavy atom. The summed E-state index contributed by atoms with van der Waals surface area (Å²) >= 11 is 1.98. The first kappa shape index (κ1) is 27.9. The van der Waals surface area contributed by atoms with Crippen LogP contribution in [0, 0.1) is 11.3 Å². The SMILES string of the molecule is C=CC(=O)N1CCN(c2nc(OC[C@@H]3CCCN3C)cc3c2CCN(c2cccc4c2CCCS4)C3)C[C@@H]1CC#N. The largest absolute Gasteiger partial charge is 0.476 e. The number of amides is 1. The Morgan fingerprint density at radius 2 is 2.07 bits per heavy atom. The van der Waals surface area contributed by atoms with Gasteiger partial charge >= 0.3 is 0 Å². The van der Waals surface area contributed by atoms with Crippen LogP contribution in [0.1, 0.15) is 42.4 Å². The molecule has 2 fully saturated rings.